The third-order valence-corrected chi connectivity index (χ3v) is 4.44. The average Bonchev–Trinajstić information content (AvgIpc) is 2.95. The minimum absolute atomic E-state index is 0.150. The number of aromatic nitrogens is 4. The van der Waals surface area contributed by atoms with Crippen molar-refractivity contribution in [1.29, 1.82) is 0 Å². The summed E-state index contributed by atoms with van der Waals surface area (Å²) in [6, 6.07) is 13.4. The summed E-state index contributed by atoms with van der Waals surface area (Å²) in [6.45, 7) is 0.340. The van der Waals surface area contributed by atoms with Crippen LogP contribution in [0.15, 0.2) is 57.9 Å². The normalized spacial score (nSPS) is 11.6. The zero-order chi connectivity index (χ0) is 16.4. The quantitative estimate of drug-likeness (QED) is 0.682. The molecule has 0 radical (unpaired) electrons. The maximum Gasteiger partial charge on any atom is 0.294 e. The zero-order valence-corrected chi connectivity index (χ0v) is 14.1. The number of tetrazole rings is 1. The topological polar surface area (TPSA) is 98.0 Å². The van der Waals surface area contributed by atoms with E-state index in [9.17, 15) is 8.42 Å². The number of benzene rings is 2. The third-order valence-electron chi connectivity index (χ3n) is 3.08. The summed E-state index contributed by atoms with van der Waals surface area (Å²) in [6.07, 6.45) is 0. The summed E-state index contributed by atoms with van der Waals surface area (Å²) in [5, 5.41) is 12.3. The second kappa shape index (κ2) is 6.19. The Morgan fingerprint density at radius 2 is 1.87 bits per heavy atom. The molecule has 7 nitrogen and oxygen atoms in total. The largest absolute Gasteiger partial charge is 0.294 e. The van der Waals surface area contributed by atoms with Crippen LogP contribution in [0.5, 0.6) is 0 Å². The van der Waals surface area contributed by atoms with Crippen molar-refractivity contribution in [3.8, 4) is 11.4 Å². The van der Waals surface area contributed by atoms with E-state index in [2.05, 4.69) is 31.3 Å². The van der Waals surface area contributed by atoms with Gasteiger partial charge in [0.1, 0.15) is 0 Å². The van der Waals surface area contributed by atoms with Crippen LogP contribution >= 0.6 is 15.9 Å². The summed E-state index contributed by atoms with van der Waals surface area (Å²) in [5.74, 6) is 0.501. The Bertz CT molecular complexity index is 939. The van der Waals surface area contributed by atoms with Crippen LogP contribution in [0.25, 0.3) is 11.4 Å². The van der Waals surface area contributed by atoms with Crippen LogP contribution in [-0.4, -0.2) is 33.2 Å². The molecule has 3 aromatic rings. The van der Waals surface area contributed by atoms with Gasteiger partial charge >= 0.3 is 0 Å². The molecular weight excluding hydrogens is 384 g/mol. The smallest absolute Gasteiger partial charge is 0.282 e. The van der Waals surface area contributed by atoms with Crippen molar-refractivity contribution in [2.75, 3.05) is 0 Å². The number of hydrogen-bond donors (Lipinski definition) is 1. The lowest BCUT2D eigenvalue weighted by atomic mass is 10.2. The summed E-state index contributed by atoms with van der Waals surface area (Å²) in [4.78, 5) is 1.27. The molecular formula is C14H11BrN4O3S. The molecule has 118 valence electrons. The van der Waals surface area contributed by atoms with Gasteiger partial charge < -0.3 is 0 Å². The van der Waals surface area contributed by atoms with Crippen molar-refractivity contribution in [2.45, 2.75) is 11.4 Å². The van der Waals surface area contributed by atoms with E-state index in [0.29, 0.717) is 12.4 Å². The van der Waals surface area contributed by atoms with Gasteiger partial charge in [0.15, 0.2) is 0 Å². The van der Waals surface area contributed by atoms with Gasteiger partial charge in [0.25, 0.3) is 10.1 Å². The van der Waals surface area contributed by atoms with Crippen LogP contribution in [0.1, 0.15) is 5.56 Å². The molecule has 0 aliphatic carbocycles. The van der Waals surface area contributed by atoms with Crippen LogP contribution in [0.3, 0.4) is 0 Å². The lowest BCUT2D eigenvalue weighted by Crippen LogP contribution is -2.05. The van der Waals surface area contributed by atoms with Crippen LogP contribution < -0.4 is 0 Å². The van der Waals surface area contributed by atoms with Crippen molar-refractivity contribution in [1.82, 2.24) is 20.2 Å². The fourth-order valence-electron chi connectivity index (χ4n) is 1.98. The number of rotatable bonds is 4. The molecule has 0 bridgehead atoms. The van der Waals surface area contributed by atoms with E-state index >= 15 is 0 Å². The minimum atomic E-state index is -4.18. The first kappa shape index (κ1) is 15.8. The van der Waals surface area contributed by atoms with Gasteiger partial charge in [0.05, 0.1) is 11.4 Å². The Morgan fingerprint density at radius 1 is 1.13 bits per heavy atom. The SMILES string of the molecule is O=S(=O)(O)c1ccc(Cn2nnc(-c3cccc(Br)c3)n2)cc1. The molecule has 3 rings (SSSR count). The first-order chi connectivity index (χ1) is 10.9. The zero-order valence-electron chi connectivity index (χ0n) is 11.7. The highest BCUT2D eigenvalue weighted by Gasteiger charge is 2.10. The average molecular weight is 395 g/mol. The fourth-order valence-corrected chi connectivity index (χ4v) is 2.86. The van der Waals surface area contributed by atoms with Crippen molar-refractivity contribution in [2.24, 2.45) is 0 Å². The summed E-state index contributed by atoms with van der Waals surface area (Å²) in [5.41, 5.74) is 1.63. The molecule has 9 heteroatoms. The number of hydrogen-bond acceptors (Lipinski definition) is 5. The molecule has 1 N–H and O–H groups in total. The van der Waals surface area contributed by atoms with Crippen molar-refractivity contribution < 1.29 is 13.0 Å². The predicted octanol–water partition coefficient (Wildman–Crippen LogP) is 2.40. The summed E-state index contributed by atoms with van der Waals surface area (Å²) in [7, 11) is -4.18. The van der Waals surface area contributed by atoms with E-state index in [1.165, 1.54) is 16.9 Å². The molecule has 0 atom stereocenters. The van der Waals surface area contributed by atoms with Crippen LogP contribution in [0.4, 0.5) is 0 Å². The lowest BCUT2D eigenvalue weighted by Gasteiger charge is -2.01. The first-order valence-corrected chi connectivity index (χ1v) is 8.75. The Kier molecular flexibility index (Phi) is 4.24. The van der Waals surface area contributed by atoms with E-state index < -0.39 is 10.1 Å². The van der Waals surface area contributed by atoms with Gasteiger partial charge in [-0.1, -0.05) is 40.2 Å². The molecule has 2 aromatic carbocycles. The molecule has 0 amide bonds. The molecule has 0 saturated heterocycles. The Labute approximate surface area is 140 Å². The molecule has 0 unspecified atom stereocenters. The Balaban J connectivity index is 1.79. The highest BCUT2D eigenvalue weighted by atomic mass is 79.9. The second-order valence-electron chi connectivity index (χ2n) is 4.77. The lowest BCUT2D eigenvalue weighted by molar-refractivity contribution is 0.483. The van der Waals surface area contributed by atoms with Gasteiger partial charge in [-0.05, 0) is 35.0 Å². The summed E-state index contributed by atoms with van der Waals surface area (Å²) >= 11 is 3.39. The van der Waals surface area contributed by atoms with Crippen LogP contribution in [0.2, 0.25) is 0 Å². The highest BCUT2D eigenvalue weighted by molar-refractivity contribution is 9.10. The molecule has 0 aliphatic heterocycles. The van der Waals surface area contributed by atoms with Crippen LogP contribution in [-0.2, 0) is 16.7 Å². The minimum Gasteiger partial charge on any atom is -0.282 e. The van der Waals surface area contributed by atoms with Crippen molar-refractivity contribution in [3.05, 3.63) is 58.6 Å². The van der Waals surface area contributed by atoms with Crippen molar-refractivity contribution in [3.63, 3.8) is 0 Å². The molecule has 23 heavy (non-hydrogen) atoms. The van der Waals surface area contributed by atoms with Gasteiger partial charge in [-0.3, -0.25) is 4.55 Å². The summed E-state index contributed by atoms with van der Waals surface area (Å²) < 4.78 is 31.9. The second-order valence-corrected chi connectivity index (χ2v) is 7.11. The standard InChI is InChI=1S/C14H11BrN4O3S/c15-12-3-1-2-11(8-12)14-16-18-19(17-14)9-10-4-6-13(7-5-10)23(20,21)22/h1-8H,9H2,(H,20,21,22). The third kappa shape index (κ3) is 3.81. The van der Waals surface area contributed by atoms with Gasteiger partial charge in [-0.2, -0.15) is 13.2 Å². The Hall–Kier alpha value is -2.10. The fraction of sp³-hybridized carbons (Fsp3) is 0.0714. The molecule has 0 fully saturated rings. The molecule has 0 aliphatic rings. The van der Waals surface area contributed by atoms with E-state index in [1.54, 1.807) is 12.1 Å². The molecule has 1 aromatic heterocycles. The maximum atomic E-state index is 11.0. The van der Waals surface area contributed by atoms with Gasteiger partial charge in [0, 0.05) is 10.0 Å². The van der Waals surface area contributed by atoms with Crippen molar-refractivity contribution >= 4 is 26.0 Å². The van der Waals surface area contributed by atoms with E-state index in [-0.39, 0.29) is 4.90 Å². The Morgan fingerprint density at radius 3 is 2.52 bits per heavy atom. The molecule has 0 saturated carbocycles. The first-order valence-electron chi connectivity index (χ1n) is 6.52. The van der Waals surface area contributed by atoms with Crippen LogP contribution in [0, 0.1) is 0 Å². The van der Waals surface area contributed by atoms with Gasteiger partial charge in [-0.25, -0.2) is 0 Å². The van der Waals surface area contributed by atoms with E-state index in [0.717, 1.165) is 15.6 Å². The highest BCUT2D eigenvalue weighted by Crippen LogP contribution is 2.19. The monoisotopic (exact) mass is 394 g/mol. The number of halogens is 1. The van der Waals surface area contributed by atoms with E-state index in [4.69, 9.17) is 4.55 Å². The number of nitrogens with zero attached hydrogens (tertiary/aromatic N) is 4. The predicted molar refractivity (Wildman–Crippen MR) is 86.3 cm³/mol. The van der Waals surface area contributed by atoms with Gasteiger partial charge in [-0.15, -0.1) is 10.2 Å². The van der Waals surface area contributed by atoms with E-state index in [1.807, 2.05) is 24.3 Å². The maximum absolute atomic E-state index is 11.0. The molecule has 0 spiro atoms. The molecule has 1 heterocycles. The van der Waals surface area contributed by atoms with Gasteiger partial charge in [0.2, 0.25) is 5.82 Å².